The van der Waals surface area contributed by atoms with E-state index >= 15 is 0 Å². The Bertz CT molecular complexity index is 859. The molecule has 0 aromatic heterocycles. The molecule has 0 aromatic carbocycles. The molecule has 35 heavy (non-hydrogen) atoms. The van der Waals surface area contributed by atoms with Gasteiger partial charge in [0.15, 0.2) is 6.29 Å². The zero-order valence-electron chi connectivity index (χ0n) is 24.2. The van der Waals surface area contributed by atoms with E-state index in [1.54, 1.807) is 5.57 Å². The summed E-state index contributed by atoms with van der Waals surface area (Å²) in [5, 5.41) is 11.0. The van der Waals surface area contributed by atoms with Crippen LogP contribution in [0.4, 0.5) is 0 Å². The number of rotatable bonds is 3. The molecule has 0 spiro atoms. The first-order valence-corrected chi connectivity index (χ1v) is 14.8. The van der Waals surface area contributed by atoms with Gasteiger partial charge in [-0.25, -0.2) is 0 Å². The lowest BCUT2D eigenvalue weighted by Crippen LogP contribution is -2.65. The van der Waals surface area contributed by atoms with Crippen molar-refractivity contribution in [1.82, 2.24) is 0 Å². The van der Waals surface area contributed by atoms with Gasteiger partial charge in [-0.3, -0.25) is 0 Å². The number of methoxy groups -OCH3 is 2. The Balaban J connectivity index is 1.61. The van der Waals surface area contributed by atoms with E-state index in [1.165, 1.54) is 51.4 Å². The van der Waals surface area contributed by atoms with Crippen molar-refractivity contribution >= 4 is 0 Å². The fraction of sp³-hybridized carbons (Fsp3) is 0.938. The van der Waals surface area contributed by atoms with Crippen molar-refractivity contribution in [2.24, 2.45) is 56.7 Å². The van der Waals surface area contributed by atoms with Crippen LogP contribution in [0.2, 0.25) is 0 Å². The van der Waals surface area contributed by atoms with Gasteiger partial charge in [0.1, 0.15) is 0 Å². The Morgan fingerprint density at radius 1 is 0.857 bits per heavy atom. The van der Waals surface area contributed by atoms with Crippen molar-refractivity contribution in [1.29, 1.82) is 0 Å². The molecule has 5 rings (SSSR count). The number of hydrogen-bond acceptors (Lipinski definition) is 3. The molecule has 200 valence electrons. The topological polar surface area (TPSA) is 38.7 Å². The Morgan fingerprint density at radius 3 is 2.20 bits per heavy atom. The molecule has 5 aliphatic carbocycles. The van der Waals surface area contributed by atoms with E-state index < -0.39 is 0 Å². The molecule has 0 unspecified atom stereocenters. The van der Waals surface area contributed by atoms with E-state index in [-0.39, 0.29) is 28.6 Å². The molecule has 0 radical (unpaired) electrons. The van der Waals surface area contributed by atoms with Crippen LogP contribution in [0.25, 0.3) is 0 Å². The van der Waals surface area contributed by atoms with Gasteiger partial charge >= 0.3 is 0 Å². The first-order valence-electron chi connectivity index (χ1n) is 14.8. The molecule has 0 amide bonds. The van der Waals surface area contributed by atoms with Crippen molar-refractivity contribution in [2.45, 2.75) is 119 Å². The summed E-state index contributed by atoms with van der Waals surface area (Å²) >= 11 is 0. The van der Waals surface area contributed by atoms with Gasteiger partial charge in [-0.2, -0.15) is 0 Å². The molecular weight excluding hydrogens is 432 g/mol. The molecule has 0 aliphatic heterocycles. The Morgan fingerprint density at radius 2 is 1.54 bits per heavy atom. The van der Waals surface area contributed by atoms with Gasteiger partial charge < -0.3 is 14.6 Å². The minimum absolute atomic E-state index is 0.0123. The summed E-state index contributed by atoms with van der Waals surface area (Å²) in [5.74, 6) is 3.24. The van der Waals surface area contributed by atoms with E-state index in [0.29, 0.717) is 34.5 Å². The second-order valence-corrected chi connectivity index (χ2v) is 15.1. The van der Waals surface area contributed by atoms with Crippen molar-refractivity contribution in [3.05, 3.63) is 11.6 Å². The van der Waals surface area contributed by atoms with Gasteiger partial charge in [-0.1, -0.05) is 60.1 Å². The lowest BCUT2D eigenvalue weighted by molar-refractivity contribution is -0.243. The van der Waals surface area contributed by atoms with Crippen LogP contribution < -0.4 is 0 Å². The summed E-state index contributed by atoms with van der Waals surface area (Å²) in [6, 6.07) is 0. The predicted molar refractivity (Wildman–Crippen MR) is 143 cm³/mol. The third-order valence-corrected chi connectivity index (χ3v) is 13.9. The quantitative estimate of drug-likeness (QED) is 0.329. The molecule has 0 saturated heterocycles. The molecule has 3 nitrogen and oxygen atoms in total. The van der Waals surface area contributed by atoms with Crippen LogP contribution in [0.5, 0.6) is 0 Å². The van der Waals surface area contributed by atoms with E-state index in [0.717, 1.165) is 12.3 Å². The lowest BCUT2D eigenvalue weighted by atomic mass is 9.33. The highest BCUT2D eigenvalue weighted by molar-refractivity contribution is 5.34. The van der Waals surface area contributed by atoms with Crippen LogP contribution in [0.3, 0.4) is 0 Å². The van der Waals surface area contributed by atoms with Gasteiger partial charge in [0.2, 0.25) is 0 Å². The Kier molecular flexibility index (Phi) is 6.23. The number of hydrogen-bond donors (Lipinski definition) is 1. The minimum atomic E-state index is -0.157. The highest BCUT2D eigenvalue weighted by atomic mass is 16.7. The maximum atomic E-state index is 11.0. The molecule has 4 saturated carbocycles. The first kappa shape index (κ1) is 26.2. The number of fused-ring (bicyclic) bond motifs is 7. The minimum Gasteiger partial charge on any atom is -0.393 e. The van der Waals surface area contributed by atoms with E-state index in [4.69, 9.17) is 9.47 Å². The third kappa shape index (κ3) is 3.19. The molecule has 10 atom stereocenters. The number of aliphatic hydroxyl groups excluding tert-OH is 1. The molecule has 5 aliphatic rings. The maximum Gasteiger partial charge on any atom is 0.162 e. The highest BCUT2D eigenvalue weighted by Gasteiger charge is 2.69. The summed E-state index contributed by atoms with van der Waals surface area (Å²) in [5.41, 5.74) is 2.72. The van der Waals surface area contributed by atoms with Crippen molar-refractivity contribution in [3.8, 4) is 0 Å². The molecule has 1 N–H and O–H groups in total. The van der Waals surface area contributed by atoms with Crippen molar-refractivity contribution in [2.75, 3.05) is 14.2 Å². The van der Waals surface area contributed by atoms with Crippen LogP contribution >= 0.6 is 0 Å². The van der Waals surface area contributed by atoms with Crippen LogP contribution in [-0.4, -0.2) is 31.7 Å². The smallest absolute Gasteiger partial charge is 0.162 e. The summed E-state index contributed by atoms with van der Waals surface area (Å²) < 4.78 is 12.1. The predicted octanol–water partition coefficient (Wildman–Crippen LogP) is 7.62. The normalized spacial score (nSPS) is 53.2. The third-order valence-electron chi connectivity index (χ3n) is 13.9. The monoisotopic (exact) mass is 486 g/mol. The summed E-state index contributed by atoms with van der Waals surface area (Å²) in [6.07, 6.45) is 13.3. The molecule has 0 heterocycles. The Hall–Kier alpha value is -0.380. The van der Waals surface area contributed by atoms with Crippen molar-refractivity contribution < 1.29 is 14.6 Å². The highest BCUT2D eigenvalue weighted by Crippen LogP contribution is 2.76. The fourth-order valence-corrected chi connectivity index (χ4v) is 11.5. The van der Waals surface area contributed by atoms with Gasteiger partial charge in [0, 0.05) is 19.6 Å². The fourth-order valence-electron chi connectivity index (χ4n) is 11.5. The van der Waals surface area contributed by atoms with Gasteiger partial charge in [-0.05, 0) is 109 Å². The SMILES string of the molecule is COC(OC)[C@]12CC[C@@H](C)[C@H](C)[C@H]1C1=CC[C@@H]3[C@@]4(C)CC[C@H](O)C(C)(C)[C@@H]4CC[C@@]3(C)[C@]1(C)CC2. The Labute approximate surface area is 215 Å². The second kappa shape index (κ2) is 8.31. The standard InChI is InChI=1S/C32H54O3/c1-20-12-17-32(27(34-8)35-9)19-18-30(6)22(26(32)21(20)2)10-11-24-29(5)15-14-25(33)28(3,4)23(29)13-16-31(24,30)7/h10,20-21,23-27,33H,11-19H2,1-9H3/t20-,21+,23+,24-,25+,26+,29+,30-,31-,32+/m1/s1. The average molecular weight is 487 g/mol. The number of ether oxygens (including phenoxy) is 2. The maximum absolute atomic E-state index is 11.0. The van der Waals surface area contributed by atoms with Crippen LogP contribution in [0.1, 0.15) is 106 Å². The van der Waals surface area contributed by atoms with E-state index in [1.807, 2.05) is 14.2 Å². The summed E-state index contributed by atoms with van der Waals surface area (Å²) in [7, 11) is 3.70. The molecular formula is C32H54O3. The van der Waals surface area contributed by atoms with Crippen LogP contribution in [0.15, 0.2) is 11.6 Å². The van der Waals surface area contributed by atoms with E-state index in [9.17, 15) is 5.11 Å². The average Bonchev–Trinajstić information content (AvgIpc) is 2.80. The molecule has 4 fully saturated rings. The van der Waals surface area contributed by atoms with Crippen molar-refractivity contribution in [3.63, 3.8) is 0 Å². The van der Waals surface area contributed by atoms with Gasteiger partial charge in [0.25, 0.3) is 0 Å². The summed E-state index contributed by atoms with van der Waals surface area (Å²) in [4.78, 5) is 0. The van der Waals surface area contributed by atoms with Gasteiger partial charge in [0.05, 0.1) is 6.10 Å². The van der Waals surface area contributed by atoms with E-state index in [2.05, 4.69) is 54.5 Å². The first-order chi connectivity index (χ1) is 16.3. The zero-order chi connectivity index (χ0) is 25.6. The molecule has 3 heteroatoms. The summed E-state index contributed by atoms with van der Waals surface area (Å²) in [6.45, 7) is 17.6. The molecule has 0 bridgehead atoms. The lowest BCUT2D eigenvalue weighted by Gasteiger charge is -2.72. The van der Waals surface area contributed by atoms with Crippen LogP contribution in [0, 0.1) is 56.7 Å². The van der Waals surface area contributed by atoms with Gasteiger partial charge in [-0.15, -0.1) is 0 Å². The number of allylic oxidation sites excluding steroid dienone is 2. The van der Waals surface area contributed by atoms with Crippen LogP contribution in [-0.2, 0) is 9.47 Å². The number of aliphatic hydroxyl groups is 1. The zero-order valence-corrected chi connectivity index (χ0v) is 24.2. The second-order valence-electron chi connectivity index (χ2n) is 15.1. The largest absolute Gasteiger partial charge is 0.393 e. The molecule has 0 aromatic rings.